The van der Waals surface area contributed by atoms with Crippen molar-refractivity contribution in [1.82, 2.24) is 9.97 Å². The van der Waals surface area contributed by atoms with Gasteiger partial charge in [0.2, 0.25) is 5.28 Å². The van der Waals surface area contributed by atoms with E-state index in [-0.39, 0.29) is 5.28 Å². The number of halogens is 4. The van der Waals surface area contributed by atoms with E-state index in [2.05, 4.69) is 25.9 Å². The zero-order chi connectivity index (χ0) is 12.4. The molecule has 2 aromatic rings. The van der Waals surface area contributed by atoms with Gasteiger partial charge in [0.15, 0.2) is 0 Å². The van der Waals surface area contributed by atoms with Crippen LogP contribution in [0.1, 0.15) is 0 Å². The van der Waals surface area contributed by atoms with Crippen molar-refractivity contribution in [2.75, 3.05) is 0 Å². The molecule has 1 aromatic heterocycles. The van der Waals surface area contributed by atoms with Gasteiger partial charge in [-0.3, -0.25) is 0 Å². The molecule has 88 valence electrons. The van der Waals surface area contributed by atoms with E-state index in [1.165, 1.54) is 11.8 Å². The summed E-state index contributed by atoms with van der Waals surface area (Å²) in [5, 5.41) is 1.96. The highest BCUT2D eigenvalue weighted by Gasteiger charge is 2.07. The maximum atomic E-state index is 5.94. The molecule has 0 spiro atoms. The smallest absolute Gasteiger partial charge is 0.223 e. The van der Waals surface area contributed by atoms with Crippen LogP contribution in [0.2, 0.25) is 15.3 Å². The first-order valence-electron chi connectivity index (χ1n) is 4.37. The normalized spacial score (nSPS) is 10.6. The van der Waals surface area contributed by atoms with Crippen molar-refractivity contribution >= 4 is 62.5 Å². The molecule has 0 unspecified atom stereocenters. The van der Waals surface area contributed by atoms with Gasteiger partial charge in [0.05, 0.1) is 14.5 Å². The molecule has 0 N–H and O–H groups in total. The minimum absolute atomic E-state index is 0.204. The van der Waals surface area contributed by atoms with Crippen LogP contribution in [-0.4, -0.2) is 9.97 Å². The molecule has 0 aliphatic heterocycles. The monoisotopic (exact) mass is 368 g/mol. The lowest BCUT2D eigenvalue weighted by Crippen LogP contribution is -1.86. The number of nitrogens with zero attached hydrogens (tertiary/aromatic N) is 2. The van der Waals surface area contributed by atoms with Gasteiger partial charge < -0.3 is 0 Å². The van der Waals surface area contributed by atoms with Gasteiger partial charge in [-0.25, -0.2) is 9.97 Å². The third-order valence-electron chi connectivity index (χ3n) is 1.79. The molecule has 0 fully saturated rings. The number of rotatable bonds is 2. The van der Waals surface area contributed by atoms with E-state index in [1.54, 1.807) is 18.3 Å². The molecule has 0 aliphatic rings. The van der Waals surface area contributed by atoms with Gasteiger partial charge in [0.1, 0.15) is 5.03 Å². The quantitative estimate of drug-likeness (QED) is 0.526. The molecular formula is C10H4BrCl3N2S. The molecule has 2 nitrogen and oxygen atoms in total. The molecule has 17 heavy (non-hydrogen) atoms. The van der Waals surface area contributed by atoms with E-state index in [0.717, 1.165) is 14.4 Å². The van der Waals surface area contributed by atoms with E-state index in [0.29, 0.717) is 10.0 Å². The molecule has 0 amide bonds. The lowest BCUT2D eigenvalue weighted by molar-refractivity contribution is 1.03. The Balaban J connectivity index is 2.31. The molecule has 1 heterocycles. The summed E-state index contributed by atoms with van der Waals surface area (Å²) >= 11 is 22.3. The molecule has 0 bridgehead atoms. The summed E-state index contributed by atoms with van der Waals surface area (Å²) in [5.41, 5.74) is 0. The molecule has 7 heteroatoms. The van der Waals surface area contributed by atoms with Crippen molar-refractivity contribution in [3.8, 4) is 0 Å². The summed E-state index contributed by atoms with van der Waals surface area (Å²) in [7, 11) is 0. The summed E-state index contributed by atoms with van der Waals surface area (Å²) < 4.78 is 0.776. The average Bonchev–Trinajstić information content (AvgIpc) is 2.29. The first-order chi connectivity index (χ1) is 8.06. The van der Waals surface area contributed by atoms with Crippen molar-refractivity contribution in [3.05, 3.63) is 44.2 Å². The molecule has 2 rings (SSSR count). The minimum Gasteiger partial charge on any atom is -0.225 e. The lowest BCUT2D eigenvalue weighted by Gasteiger charge is -2.04. The van der Waals surface area contributed by atoms with E-state index >= 15 is 0 Å². The highest BCUT2D eigenvalue weighted by molar-refractivity contribution is 9.10. The fourth-order valence-electron chi connectivity index (χ4n) is 1.05. The summed E-state index contributed by atoms with van der Waals surface area (Å²) in [6.45, 7) is 0. The highest BCUT2D eigenvalue weighted by atomic mass is 79.9. The number of hydrogen-bond donors (Lipinski definition) is 0. The Labute approximate surface area is 126 Å². The highest BCUT2D eigenvalue weighted by Crippen LogP contribution is 2.35. The summed E-state index contributed by atoms with van der Waals surface area (Å²) in [6, 6.07) is 5.38. The first kappa shape index (κ1) is 13.4. The summed E-state index contributed by atoms with van der Waals surface area (Å²) in [4.78, 5) is 8.90. The van der Waals surface area contributed by atoms with E-state index in [4.69, 9.17) is 34.8 Å². The Morgan fingerprint density at radius 1 is 1.12 bits per heavy atom. The van der Waals surface area contributed by atoms with Gasteiger partial charge in [-0.1, -0.05) is 35.0 Å². The van der Waals surface area contributed by atoms with Crippen molar-refractivity contribution in [2.45, 2.75) is 9.92 Å². The van der Waals surface area contributed by atoms with Crippen molar-refractivity contribution in [3.63, 3.8) is 0 Å². The predicted octanol–water partition coefficient (Wildman–Crippen LogP) is 5.35. The predicted molar refractivity (Wildman–Crippen MR) is 75.3 cm³/mol. The molecule has 0 aliphatic carbocycles. The summed E-state index contributed by atoms with van der Waals surface area (Å²) in [5.74, 6) is 0. The number of benzene rings is 1. The van der Waals surface area contributed by atoms with Crippen LogP contribution in [0, 0.1) is 0 Å². The van der Waals surface area contributed by atoms with Crippen LogP contribution in [0.25, 0.3) is 0 Å². The van der Waals surface area contributed by atoms with Crippen molar-refractivity contribution in [2.24, 2.45) is 0 Å². The zero-order valence-electron chi connectivity index (χ0n) is 8.12. The van der Waals surface area contributed by atoms with Gasteiger partial charge in [-0.2, -0.15) is 0 Å². The van der Waals surface area contributed by atoms with Gasteiger partial charge >= 0.3 is 0 Å². The molecule has 1 aromatic carbocycles. The fraction of sp³-hybridized carbons (Fsp3) is 0. The Bertz CT molecular complexity index is 565. The van der Waals surface area contributed by atoms with Gasteiger partial charge in [-0.15, -0.1) is 0 Å². The van der Waals surface area contributed by atoms with E-state index in [9.17, 15) is 0 Å². The van der Waals surface area contributed by atoms with Crippen LogP contribution in [0.4, 0.5) is 0 Å². The van der Waals surface area contributed by atoms with Crippen LogP contribution >= 0.6 is 62.5 Å². The van der Waals surface area contributed by atoms with Gasteiger partial charge in [0.25, 0.3) is 0 Å². The molecule has 0 atom stereocenters. The third kappa shape index (κ3) is 3.48. The minimum atomic E-state index is 0.204. The molecular weight excluding hydrogens is 366 g/mol. The lowest BCUT2D eigenvalue weighted by atomic mass is 10.4. The van der Waals surface area contributed by atoms with Crippen LogP contribution in [0.5, 0.6) is 0 Å². The number of hydrogen-bond acceptors (Lipinski definition) is 3. The van der Waals surface area contributed by atoms with Crippen LogP contribution in [0.15, 0.2) is 38.8 Å². The Morgan fingerprint density at radius 2 is 1.88 bits per heavy atom. The Hall–Kier alpha value is -0.000000000000000167. The topological polar surface area (TPSA) is 25.8 Å². The van der Waals surface area contributed by atoms with Gasteiger partial charge in [-0.05, 0) is 45.7 Å². The van der Waals surface area contributed by atoms with Crippen molar-refractivity contribution < 1.29 is 0 Å². The van der Waals surface area contributed by atoms with E-state index < -0.39 is 0 Å². The average molecular weight is 370 g/mol. The fourth-order valence-corrected chi connectivity index (χ4v) is 2.85. The van der Waals surface area contributed by atoms with Gasteiger partial charge in [0, 0.05) is 11.1 Å². The third-order valence-corrected chi connectivity index (χ3v) is 4.55. The molecule has 0 saturated carbocycles. The second kappa shape index (κ2) is 5.76. The van der Waals surface area contributed by atoms with Crippen molar-refractivity contribution in [1.29, 1.82) is 0 Å². The Morgan fingerprint density at radius 3 is 2.59 bits per heavy atom. The summed E-state index contributed by atoms with van der Waals surface area (Å²) in [6.07, 6.45) is 1.61. The van der Waals surface area contributed by atoms with Crippen LogP contribution in [-0.2, 0) is 0 Å². The van der Waals surface area contributed by atoms with Crippen LogP contribution < -0.4 is 0 Å². The largest absolute Gasteiger partial charge is 0.225 e. The maximum Gasteiger partial charge on any atom is 0.223 e. The first-order valence-corrected chi connectivity index (χ1v) is 7.11. The molecule has 0 radical (unpaired) electrons. The standard InChI is InChI=1S/C10H4BrCl3N2S/c11-6-4-15-10(14)16-9(6)17-5-1-2-7(12)8(13)3-5/h1-4H. The molecule has 0 saturated heterocycles. The second-order valence-electron chi connectivity index (χ2n) is 2.97. The maximum absolute atomic E-state index is 5.94. The number of aromatic nitrogens is 2. The zero-order valence-corrected chi connectivity index (χ0v) is 12.8. The second-order valence-corrected chi connectivity index (χ2v) is 6.04. The Kier molecular flexibility index (Phi) is 4.55. The van der Waals surface area contributed by atoms with Crippen LogP contribution in [0.3, 0.4) is 0 Å². The SMILES string of the molecule is Clc1ncc(Br)c(Sc2ccc(Cl)c(Cl)c2)n1. The van der Waals surface area contributed by atoms with E-state index in [1.807, 2.05) is 6.07 Å².